The molecule has 4 saturated heterocycles. The number of fused-ring (bicyclic) bond motifs is 4. The van der Waals surface area contributed by atoms with Gasteiger partial charge in [0.1, 0.15) is 67.7 Å². The maximum Gasteiger partial charge on any atom is 0.434 e. The van der Waals surface area contributed by atoms with Crippen LogP contribution in [0.1, 0.15) is 139 Å². The topological polar surface area (TPSA) is 325 Å². The van der Waals surface area contributed by atoms with Gasteiger partial charge in [-0.3, -0.25) is 42.9 Å². The van der Waals surface area contributed by atoms with Crippen molar-refractivity contribution in [1.82, 2.24) is 117 Å². The lowest BCUT2D eigenvalue weighted by atomic mass is 10.0. The molecule has 0 aromatic carbocycles. The number of anilines is 4. The second-order valence-electron chi connectivity index (χ2n) is 32.0. The lowest BCUT2D eigenvalue weighted by Gasteiger charge is -2.24. The van der Waals surface area contributed by atoms with Crippen molar-refractivity contribution in [2.75, 3.05) is 58.9 Å². The van der Waals surface area contributed by atoms with Crippen molar-refractivity contribution in [2.24, 2.45) is 28.2 Å². The summed E-state index contributed by atoms with van der Waals surface area (Å²) in [5, 5.41) is 37.4. The monoisotopic (exact) mass is 1900 g/mol. The first-order chi connectivity index (χ1) is 63.4. The van der Waals surface area contributed by atoms with Crippen LogP contribution in [0.15, 0.2) is 126 Å². The zero-order valence-electron chi connectivity index (χ0n) is 71.0. The summed E-state index contributed by atoms with van der Waals surface area (Å²) in [7, 11) is 6.38. The van der Waals surface area contributed by atoms with Crippen LogP contribution in [0.4, 0.5) is 85.3 Å². The highest BCUT2D eigenvalue weighted by Crippen LogP contribution is 2.40. The molecule has 20 heterocycles. The Bertz CT molecular complexity index is 7050. The first kappa shape index (κ1) is 91.2. The van der Waals surface area contributed by atoms with E-state index in [-0.39, 0.29) is 136 Å². The van der Waals surface area contributed by atoms with Crippen molar-refractivity contribution in [3.8, 4) is 43.0 Å². The van der Waals surface area contributed by atoms with E-state index in [4.69, 9.17) is 0 Å². The van der Waals surface area contributed by atoms with Crippen molar-refractivity contribution in [3.05, 3.63) is 200 Å². The lowest BCUT2D eigenvalue weighted by Crippen LogP contribution is -2.41. The third kappa shape index (κ3) is 19.5. The molecule has 0 aliphatic carbocycles. The molecule has 0 unspecified atom stereocenters. The Morgan fingerprint density at radius 1 is 0.459 bits per heavy atom. The summed E-state index contributed by atoms with van der Waals surface area (Å²) in [4.78, 5) is 92.7. The van der Waals surface area contributed by atoms with Gasteiger partial charge in [0.15, 0.2) is 57.1 Å². The molecule has 32 nitrogen and oxygen atoms in total. The lowest BCUT2D eigenvalue weighted by molar-refractivity contribution is -0.146. The molecule has 0 amide bonds. The van der Waals surface area contributed by atoms with Crippen LogP contribution < -0.4 is 19.6 Å². The van der Waals surface area contributed by atoms with Crippen LogP contribution in [0.25, 0.3) is 65.6 Å². The predicted octanol–water partition coefficient (Wildman–Crippen LogP) is 15.0. The summed E-state index contributed by atoms with van der Waals surface area (Å²) in [6.07, 6.45) is -2.89. The van der Waals surface area contributed by atoms with E-state index < -0.39 is 60.5 Å². The molecule has 0 N–H and O–H groups in total. The number of halogens is 14. The Morgan fingerprint density at radius 2 is 0.865 bits per heavy atom. The van der Waals surface area contributed by atoms with E-state index in [2.05, 4.69) is 92.5 Å². The van der Waals surface area contributed by atoms with Gasteiger partial charge in [-0.2, -0.15) is 79.8 Å². The van der Waals surface area contributed by atoms with Crippen molar-refractivity contribution in [2.45, 2.75) is 127 Å². The van der Waals surface area contributed by atoms with Crippen LogP contribution in [0.3, 0.4) is 0 Å². The van der Waals surface area contributed by atoms with E-state index in [9.17, 15) is 80.6 Å². The predicted molar refractivity (Wildman–Crippen MR) is 459 cm³/mol. The number of hydrogen-bond donors (Lipinski definition) is 0. The summed E-state index contributed by atoms with van der Waals surface area (Å²) in [5.41, 5.74) is 5.49. The van der Waals surface area contributed by atoms with Gasteiger partial charge in [0.2, 0.25) is 23.8 Å². The highest BCUT2D eigenvalue weighted by Gasteiger charge is 2.48. The molecule has 4 atom stereocenters. The molecule has 4 aliphatic heterocycles. The number of carbonyl (C=O) groups excluding carboxylic acids is 4. The van der Waals surface area contributed by atoms with Gasteiger partial charge in [-0.25, -0.2) is 55.0 Å². The second kappa shape index (κ2) is 36.8. The molecule has 692 valence electrons. The van der Waals surface area contributed by atoms with Gasteiger partial charge in [-0.05, 0) is 124 Å². The third-order valence-electron chi connectivity index (χ3n) is 22.6. The van der Waals surface area contributed by atoms with Gasteiger partial charge in [0.25, 0.3) is 6.43 Å². The number of thiazole rings is 3. The summed E-state index contributed by atoms with van der Waals surface area (Å²) >= 11 is 2.69. The smallest absolute Gasteiger partial charge is 0.337 e. The number of pyridine rings is 5. The maximum absolute atomic E-state index is 14.9. The maximum atomic E-state index is 14.9. The summed E-state index contributed by atoms with van der Waals surface area (Å²) in [6.45, 7) is 6.68. The summed E-state index contributed by atoms with van der Waals surface area (Å²) in [5.74, 6) is -0.482. The van der Waals surface area contributed by atoms with Crippen molar-refractivity contribution >= 4 is 104 Å². The van der Waals surface area contributed by atoms with Crippen LogP contribution in [-0.4, -0.2) is 210 Å². The molecule has 16 aromatic rings. The van der Waals surface area contributed by atoms with Gasteiger partial charge < -0.3 is 19.6 Å². The summed E-state index contributed by atoms with van der Waals surface area (Å²) in [6, 6.07) is 16.0. The fraction of sp³-hybridized carbons (Fsp3) is 0.357. The fourth-order valence-corrected chi connectivity index (χ4v) is 18.6. The minimum Gasteiger partial charge on any atom is -0.337 e. The molecule has 49 heteroatoms. The highest BCUT2D eigenvalue weighted by atomic mass is 32.1. The van der Waals surface area contributed by atoms with Gasteiger partial charge in [0.05, 0.1) is 66.5 Å². The van der Waals surface area contributed by atoms with Crippen LogP contribution in [0.2, 0.25) is 0 Å². The quantitative estimate of drug-likeness (QED) is 0.0476. The minimum absolute atomic E-state index is 0.0149. The number of Topliss-reactive ketones (excluding diaryl/α,β-unsaturated/α-hetero) is 4. The number of hydrogen-bond acceptors (Lipinski definition) is 27. The normalized spacial score (nSPS) is 16.6. The Kier molecular flexibility index (Phi) is 25.2. The van der Waals surface area contributed by atoms with E-state index in [0.717, 1.165) is 91.0 Å². The first-order valence-corrected chi connectivity index (χ1v) is 44.0. The van der Waals surface area contributed by atoms with E-state index >= 15 is 0 Å². The van der Waals surface area contributed by atoms with Gasteiger partial charge in [-0.15, -0.1) is 54.4 Å². The molecule has 20 rings (SSSR count). The first-order valence-electron chi connectivity index (χ1n) is 41.3. The number of aromatic nitrogens is 24. The number of rotatable bonds is 21. The van der Waals surface area contributed by atoms with Gasteiger partial charge >= 0.3 is 18.5 Å². The Hall–Kier alpha value is -13.7. The number of alkyl halides is 13. The van der Waals surface area contributed by atoms with Crippen LogP contribution >= 0.6 is 34.0 Å². The Morgan fingerprint density at radius 3 is 1.29 bits per heavy atom. The average molecular weight is 1900 g/mol. The zero-order chi connectivity index (χ0) is 94.0. The molecule has 16 aromatic heterocycles. The van der Waals surface area contributed by atoms with E-state index in [0.29, 0.717) is 112 Å². The Labute approximate surface area is 755 Å². The van der Waals surface area contributed by atoms with Crippen molar-refractivity contribution in [3.63, 3.8) is 0 Å². The average Bonchev–Trinajstić information content (AvgIpc) is 1.67. The van der Waals surface area contributed by atoms with Crippen molar-refractivity contribution in [1.29, 1.82) is 0 Å². The molecule has 0 bridgehead atoms. The Balaban J connectivity index is 0.000000124. The zero-order valence-corrected chi connectivity index (χ0v) is 73.4. The standard InChI is InChI=1S/C23H21F4N7O.C21H20F3N7OS.C20H17F4N7OS.C20H18F3N7OS/c1-13-5-3-6-17(29-13)15-11-28-32(2)21(15)18(35)9-14-10-20-30-22(31-34(20)12-16(14)24)33-8-4-7-19(33)23(25,26)27;1-12-4-3-6-30(12)20-27-17-9-13(5-7-31(17)28-20)8-15(32)18-14(10-25-29(18)2)19-26-16(11-33-19)21(22,23)24;1-29-17(13(8-25-29)18-26-15(10-33-18)20(22,23)24)14(32)6-11-2-5-31-16(7-11)27-19(28-31)30-4-3-12(21)9-30;1-28-17(13(8-24-28)19-25-14(10-32-19)18(22)23)15(31)6-11-2-5-30-16(7-11)26-20(27-30)29-4-3-12(21)9-29/h3,5-6,10-12,19H,4,7-9H2,1-2H3;5,7,9-12H,3-4,6,8H2,1-2H3;2,5,7-8,10,12H,3-4,6,9H2,1H3;2,5,7-8,10,12,18H,3-4,6,9H2,1H3/t19-;3*12-/m1011/s1. The largest absolute Gasteiger partial charge is 0.434 e. The van der Waals surface area contributed by atoms with E-state index in [1.807, 2.05) is 19.1 Å². The summed E-state index contributed by atoms with van der Waals surface area (Å²) < 4.78 is 197. The SMILES string of the molecule is C[C@H]1CCCN1c1nc2cc(CC(=O)c3c(-c4nc(C(F)(F)F)cs4)cnn3C)ccn2n1.Cc1cccc(-c2cnn(C)c2C(=O)Cc2cc3nc(N4CCC[C@@H]4C(F)(F)F)nn3cc2F)n1.Cn1ncc(-c2nc(C(F)(F)F)cs2)c1C(=O)Cc1ccn2nc(N3CC[C@@H](F)C3)nc2c1.Cn1ncc(-c2nc(C(F)F)cs2)c1C(=O)Cc1ccn2nc(N3CC[C@@H](F)C3)nc2c1. The molecule has 0 radical (unpaired) electrons. The molecule has 0 spiro atoms. The van der Waals surface area contributed by atoms with Crippen LogP contribution in [0.5, 0.6) is 0 Å². The van der Waals surface area contributed by atoms with E-state index in [1.54, 1.807) is 113 Å². The van der Waals surface area contributed by atoms with E-state index in [1.165, 1.54) is 55.0 Å². The number of nitrogens with zero attached hydrogens (tertiary/aromatic N) is 28. The second-order valence-corrected chi connectivity index (χ2v) is 34.6. The molecular weight excluding hydrogens is 1830 g/mol. The number of carbonyl (C=O) groups is 4. The molecule has 133 heavy (non-hydrogen) atoms. The van der Waals surface area contributed by atoms with Crippen molar-refractivity contribution < 1.29 is 80.6 Å². The van der Waals surface area contributed by atoms with Crippen LogP contribution in [0, 0.1) is 12.7 Å². The molecule has 4 aliphatic rings. The fourth-order valence-electron chi connectivity index (χ4n) is 16.1. The van der Waals surface area contributed by atoms with Gasteiger partial charge in [-0.1, -0.05) is 6.07 Å². The van der Waals surface area contributed by atoms with Crippen LogP contribution in [-0.2, 0) is 66.2 Å². The van der Waals surface area contributed by atoms with Gasteiger partial charge in [0, 0.05) is 138 Å². The molecular formula is C84H76F14N28O4S3. The number of ketones is 4. The highest BCUT2D eigenvalue weighted by molar-refractivity contribution is 7.13. The number of aryl methyl sites for hydroxylation is 5. The molecule has 4 fully saturated rings. The molecule has 0 saturated carbocycles. The third-order valence-corrected chi connectivity index (χ3v) is 25.3. The minimum atomic E-state index is -4.56.